The lowest BCUT2D eigenvalue weighted by molar-refractivity contribution is 0.356. The Morgan fingerprint density at radius 1 is 0.931 bits per heavy atom. The molecule has 0 radical (unpaired) electrons. The summed E-state index contributed by atoms with van der Waals surface area (Å²) in [6, 6.07) is 11.9. The first kappa shape index (κ1) is 22.5. The number of hydrogen-bond acceptors (Lipinski definition) is 4. The van der Waals surface area contributed by atoms with E-state index < -0.39 is 0 Å². The summed E-state index contributed by atoms with van der Waals surface area (Å²) < 4.78 is 10.9. The maximum Gasteiger partial charge on any atom is 0.252 e. The lowest BCUT2D eigenvalue weighted by Gasteiger charge is -2.13. The molecule has 0 bridgehead atoms. The standard InChI is InChI=1S/C22H20N2O3.2ClH/c1-13-17-10-20(26-2)21(27-3)11-18(17)19(22(25)24-13)9-14-4-5-16-12-23-7-6-15(16)8-14;;/h4-8,10-12H,9H2,1-3H3,(H,24,25);2*1H. The minimum absolute atomic E-state index is 0. The molecule has 29 heavy (non-hydrogen) atoms. The normalized spacial score (nSPS) is 10.3. The van der Waals surface area contributed by atoms with E-state index in [1.807, 2.05) is 43.5 Å². The van der Waals surface area contributed by atoms with Gasteiger partial charge in [-0.05, 0) is 41.5 Å². The van der Waals surface area contributed by atoms with Crippen molar-refractivity contribution in [2.24, 2.45) is 0 Å². The van der Waals surface area contributed by atoms with Gasteiger partial charge in [0.1, 0.15) is 0 Å². The van der Waals surface area contributed by atoms with Gasteiger partial charge < -0.3 is 14.5 Å². The second-order valence-corrected chi connectivity index (χ2v) is 6.54. The van der Waals surface area contributed by atoms with Crippen LogP contribution in [0.5, 0.6) is 11.5 Å². The highest BCUT2D eigenvalue weighted by Gasteiger charge is 2.14. The summed E-state index contributed by atoms with van der Waals surface area (Å²) in [4.78, 5) is 19.9. The van der Waals surface area contributed by atoms with Crippen molar-refractivity contribution >= 4 is 46.4 Å². The lowest BCUT2D eigenvalue weighted by Crippen LogP contribution is -2.15. The molecule has 0 unspecified atom stereocenters. The fraction of sp³-hybridized carbons (Fsp3) is 0.182. The molecular weight excluding hydrogens is 411 g/mol. The SMILES string of the molecule is COc1cc2c(C)[nH]c(=O)c(Cc3ccc4cnccc4c3)c2cc1OC.Cl.Cl. The third kappa shape index (κ3) is 4.16. The average Bonchev–Trinajstić information content (AvgIpc) is 2.70. The van der Waals surface area contributed by atoms with E-state index >= 15 is 0 Å². The number of H-pyrrole nitrogens is 1. The lowest BCUT2D eigenvalue weighted by atomic mass is 9.97. The summed E-state index contributed by atoms with van der Waals surface area (Å²) in [5.41, 5.74) is 2.51. The van der Waals surface area contributed by atoms with Gasteiger partial charge in [-0.2, -0.15) is 0 Å². The smallest absolute Gasteiger partial charge is 0.252 e. The quantitative estimate of drug-likeness (QED) is 0.501. The molecule has 2 aromatic heterocycles. The van der Waals surface area contributed by atoms with E-state index in [0.717, 1.165) is 32.8 Å². The van der Waals surface area contributed by atoms with Crippen LogP contribution < -0.4 is 15.0 Å². The van der Waals surface area contributed by atoms with E-state index in [9.17, 15) is 4.79 Å². The number of halogens is 2. The Balaban J connectivity index is 0.00000150. The van der Waals surface area contributed by atoms with E-state index in [0.29, 0.717) is 23.5 Å². The molecule has 2 aromatic carbocycles. The maximum atomic E-state index is 12.7. The summed E-state index contributed by atoms with van der Waals surface area (Å²) in [5, 5.41) is 4.01. The van der Waals surface area contributed by atoms with Crippen LogP contribution in [0.25, 0.3) is 21.5 Å². The molecule has 0 aliphatic rings. The van der Waals surface area contributed by atoms with E-state index in [1.54, 1.807) is 20.4 Å². The number of methoxy groups -OCH3 is 2. The van der Waals surface area contributed by atoms with Crippen LogP contribution in [0.4, 0.5) is 0 Å². The van der Waals surface area contributed by atoms with Crippen LogP contribution in [0.1, 0.15) is 16.8 Å². The second kappa shape index (κ2) is 9.16. The second-order valence-electron chi connectivity index (χ2n) is 6.54. The number of nitrogens with one attached hydrogen (secondary N) is 1. The Hall–Kier alpha value is -2.76. The Bertz CT molecular complexity index is 1220. The van der Waals surface area contributed by atoms with E-state index in [1.165, 1.54) is 0 Å². The predicted octanol–water partition coefficient (Wildman–Crippen LogP) is 4.84. The van der Waals surface area contributed by atoms with Gasteiger partial charge in [-0.3, -0.25) is 9.78 Å². The molecule has 0 spiro atoms. The fourth-order valence-electron chi connectivity index (χ4n) is 3.50. The molecule has 2 heterocycles. The maximum absolute atomic E-state index is 12.7. The van der Waals surface area contributed by atoms with Crippen molar-refractivity contribution in [2.75, 3.05) is 14.2 Å². The van der Waals surface area contributed by atoms with Gasteiger partial charge in [-0.25, -0.2) is 0 Å². The first-order valence-electron chi connectivity index (χ1n) is 8.71. The zero-order chi connectivity index (χ0) is 19.0. The highest BCUT2D eigenvalue weighted by molar-refractivity contribution is 5.91. The van der Waals surface area contributed by atoms with Crippen LogP contribution in [-0.4, -0.2) is 24.2 Å². The number of aryl methyl sites for hydroxylation is 1. The number of aromatic amines is 1. The molecule has 5 nitrogen and oxygen atoms in total. The first-order chi connectivity index (χ1) is 13.1. The number of hydrogen-bond donors (Lipinski definition) is 1. The molecule has 0 saturated carbocycles. The van der Waals surface area contributed by atoms with Crippen LogP contribution in [0.3, 0.4) is 0 Å². The molecule has 0 atom stereocenters. The van der Waals surface area contributed by atoms with Gasteiger partial charge in [0, 0.05) is 40.8 Å². The van der Waals surface area contributed by atoms with Gasteiger partial charge in [0.2, 0.25) is 0 Å². The summed E-state index contributed by atoms with van der Waals surface area (Å²) in [6.07, 6.45) is 4.14. The molecule has 4 rings (SSSR count). The van der Waals surface area contributed by atoms with Crippen molar-refractivity contribution in [3.05, 3.63) is 76.0 Å². The van der Waals surface area contributed by atoms with Crippen molar-refractivity contribution in [3.63, 3.8) is 0 Å². The van der Waals surface area contributed by atoms with Gasteiger partial charge >= 0.3 is 0 Å². The number of benzene rings is 2. The zero-order valence-electron chi connectivity index (χ0n) is 16.3. The monoisotopic (exact) mass is 432 g/mol. The fourth-order valence-corrected chi connectivity index (χ4v) is 3.50. The molecule has 0 amide bonds. The number of pyridine rings is 2. The third-order valence-electron chi connectivity index (χ3n) is 4.91. The first-order valence-corrected chi connectivity index (χ1v) is 8.71. The van der Waals surface area contributed by atoms with Crippen LogP contribution in [0.15, 0.2) is 53.6 Å². The summed E-state index contributed by atoms with van der Waals surface area (Å²) in [6.45, 7) is 1.89. The number of rotatable bonds is 4. The molecule has 152 valence electrons. The van der Waals surface area contributed by atoms with Crippen LogP contribution >= 0.6 is 24.8 Å². The number of aromatic nitrogens is 2. The highest BCUT2D eigenvalue weighted by Crippen LogP contribution is 2.34. The minimum Gasteiger partial charge on any atom is -0.493 e. The van der Waals surface area contributed by atoms with Crippen molar-refractivity contribution in [2.45, 2.75) is 13.3 Å². The number of ether oxygens (including phenoxy) is 2. The van der Waals surface area contributed by atoms with E-state index in [-0.39, 0.29) is 30.4 Å². The molecule has 0 fully saturated rings. The molecular formula is C22H22Cl2N2O3. The highest BCUT2D eigenvalue weighted by atomic mass is 35.5. The molecule has 0 aliphatic heterocycles. The van der Waals surface area contributed by atoms with Gasteiger partial charge in [0.05, 0.1) is 14.2 Å². The van der Waals surface area contributed by atoms with Gasteiger partial charge in [-0.15, -0.1) is 24.8 Å². The summed E-state index contributed by atoms with van der Waals surface area (Å²) in [7, 11) is 3.20. The van der Waals surface area contributed by atoms with Crippen molar-refractivity contribution in [3.8, 4) is 11.5 Å². The number of fused-ring (bicyclic) bond motifs is 2. The Labute approximate surface area is 180 Å². The van der Waals surface area contributed by atoms with Crippen molar-refractivity contribution in [1.82, 2.24) is 9.97 Å². The van der Waals surface area contributed by atoms with Crippen LogP contribution in [0.2, 0.25) is 0 Å². The third-order valence-corrected chi connectivity index (χ3v) is 4.91. The molecule has 4 aromatic rings. The zero-order valence-corrected chi connectivity index (χ0v) is 17.9. The largest absolute Gasteiger partial charge is 0.493 e. The molecule has 7 heteroatoms. The summed E-state index contributed by atoms with van der Waals surface area (Å²) in [5.74, 6) is 1.25. The van der Waals surface area contributed by atoms with Gasteiger partial charge in [0.15, 0.2) is 11.5 Å². The average molecular weight is 433 g/mol. The van der Waals surface area contributed by atoms with Crippen LogP contribution in [0, 0.1) is 6.92 Å². The van der Waals surface area contributed by atoms with E-state index in [4.69, 9.17) is 9.47 Å². The molecule has 0 aliphatic carbocycles. The molecule has 1 N–H and O–H groups in total. The number of nitrogens with zero attached hydrogens (tertiary/aromatic N) is 1. The Morgan fingerprint density at radius 2 is 1.62 bits per heavy atom. The van der Waals surface area contributed by atoms with E-state index in [2.05, 4.69) is 16.0 Å². The van der Waals surface area contributed by atoms with Crippen molar-refractivity contribution < 1.29 is 9.47 Å². The van der Waals surface area contributed by atoms with Gasteiger partial charge in [-0.1, -0.05) is 18.2 Å². The Kier molecular flexibility index (Phi) is 7.11. The predicted molar refractivity (Wildman–Crippen MR) is 121 cm³/mol. The van der Waals surface area contributed by atoms with Crippen molar-refractivity contribution in [1.29, 1.82) is 0 Å². The Morgan fingerprint density at radius 3 is 2.31 bits per heavy atom. The van der Waals surface area contributed by atoms with Gasteiger partial charge in [0.25, 0.3) is 5.56 Å². The summed E-state index contributed by atoms with van der Waals surface area (Å²) >= 11 is 0. The van der Waals surface area contributed by atoms with Crippen LogP contribution in [-0.2, 0) is 6.42 Å². The topological polar surface area (TPSA) is 64.2 Å². The molecule has 0 saturated heterocycles. The minimum atomic E-state index is -0.0814.